The number of rotatable bonds is 2. The van der Waals surface area contributed by atoms with E-state index in [0.29, 0.717) is 5.84 Å². The number of allylic oxidation sites excluding steroid dienone is 4. The van der Waals surface area contributed by atoms with Crippen LogP contribution in [0.5, 0.6) is 0 Å². The molecule has 0 aliphatic heterocycles. The first kappa shape index (κ1) is 30.2. The molecule has 3 fully saturated rings. The predicted molar refractivity (Wildman–Crippen MR) is 160 cm³/mol. The Morgan fingerprint density at radius 2 is 1.66 bits per heavy atom. The third kappa shape index (κ3) is 4.23. The summed E-state index contributed by atoms with van der Waals surface area (Å²) in [5, 5.41) is 13.5. The molecule has 7 nitrogen and oxygen atoms in total. The number of Topliss-reactive ketones (excluding diaryl/α,β-unsaturated/α-hetero) is 1. The molecule has 0 saturated heterocycles. The Morgan fingerprint density at radius 1 is 1.02 bits per heavy atom. The van der Waals surface area contributed by atoms with Crippen molar-refractivity contribution in [1.82, 2.24) is 5.32 Å². The molecule has 1 N–H and O–H groups in total. The fraction of sp³-hybridized carbons (Fsp3) is 0.758. The van der Waals surface area contributed by atoms with E-state index in [-0.39, 0.29) is 51.1 Å². The van der Waals surface area contributed by atoms with Gasteiger partial charge in [0, 0.05) is 22.3 Å². The minimum absolute atomic E-state index is 0.0136. The monoisotopic (exact) mass is 581 g/mol. The predicted octanol–water partition coefficient (Wildman–Crippen LogP) is 5.93. The van der Waals surface area contributed by atoms with Gasteiger partial charge in [-0.25, -0.2) is 8.42 Å². The molecule has 0 spiro atoms. The number of carbonyl (C=O) groups excluding carboxylic acids is 2. The quantitative estimate of drug-likeness (QED) is 0.319. The number of nitriles is 1. The molecule has 7 atom stereocenters. The molecule has 224 valence electrons. The Labute approximate surface area is 246 Å². The Bertz CT molecular complexity index is 1460. The van der Waals surface area contributed by atoms with Gasteiger partial charge in [0.25, 0.3) is 10.0 Å². The van der Waals surface area contributed by atoms with Gasteiger partial charge in [-0.3, -0.25) is 9.59 Å². The lowest BCUT2D eigenvalue weighted by atomic mass is 9.35. The van der Waals surface area contributed by atoms with Crippen LogP contribution in [0.3, 0.4) is 0 Å². The van der Waals surface area contributed by atoms with Crippen molar-refractivity contribution in [2.75, 3.05) is 6.26 Å². The van der Waals surface area contributed by atoms with E-state index < -0.39 is 26.4 Å². The van der Waals surface area contributed by atoms with Crippen molar-refractivity contribution in [3.05, 3.63) is 23.3 Å². The third-order valence-corrected chi connectivity index (χ3v) is 13.2. The highest BCUT2D eigenvalue weighted by Crippen LogP contribution is 2.73. The minimum atomic E-state index is -3.55. The second kappa shape index (κ2) is 8.88. The highest BCUT2D eigenvalue weighted by Gasteiger charge is 2.69. The lowest BCUT2D eigenvalue weighted by Gasteiger charge is -2.69. The second-order valence-electron chi connectivity index (χ2n) is 15.9. The minimum Gasteiger partial charge on any atom is -0.367 e. The highest BCUT2D eigenvalue weighted by molar-refractivity contribution is 7.89. The van der Waals surface area contributed by atoms with Gasteiger partial charge >= 0.3 is 0 Å². The van der Waals surface area contributed by atoms with Crippen molar-refractivity contribution < 1.29 is 18.0 Å². The van der Waals surface area contributed by atoms with E-state index in [2.05, 4.69) is 50.4 Å². The van der Waals surface area contributed by atoms with Crippen LogP contribution in [0.4, 0.5) is 0 Å². The van der Waals surface area contributed by atoms with E-state index >= 15 is 0 Å². The first-order valence-electron chi connectivity index (χ1n) is 15.1. The van der Waals surface area contributed by atoms with Gasteiger partial charge in [0.1, 0.15) is 11.9 Å². The SMILES string of the molecule is C/C(=N\S(C)(=O)=O)N[C@]12CCC(C)(C)C[C@H]1[C@H]1C(=O)C=C3[C@@]4(C)C=C(C#N)C(=O)C(C)(C)[C@@H]4CC[C@@]3(C)[C@]1(C)CC2. The molecule has 0 radical (unpaired) electrons. The van der Waals surface area contributed by atoms with Gasteiger partial charge in [0.2, 0.25) is 0 Å². The van der Waals surface area contributed by atoms with E-state index in [1.807, 2.05) is 26.0 Å². The van der Waals surface area contributed by atoms with Crippen LogP contribution in [0.1, 0.15) is 100 Å². The number of carbonyl (C=O) groups is 2. The fourth-order valence-corrected chi connectivity index (χ4v) is 11.0. The molecular weight excluding hydrogens is 534 g/mol. The molecule has 0 aromatic heterocycles. The van der Waals surface area contributed by atoms with Crippen molar-refractivity contribution in [3.63, 3.8) is 0 Å². The summed E-state index contributed by atoms with van der Waals surface area (Å²) in [6.45, 7) is 17.0. The van der Waals surface area contributed by atoms with E-state index in [4.69, 9.17) is 0 Å². The van der Waals surface area contributed by atoms with Gasteiger partial charge in [-0.2, -0.15) is 9.66 Å². The molecule has 0 bridgehead atoms. The van der Waals surface area contributed by atoms with Gasteiger partial charge in [-0.15, -0.1) is 0 Å². The van der Waals surface area contributed by atoms with Crippen LogP contribution < -0.4 is 5.32 Å². The topological polar surface area (TPSA) is 116 Å². The Morgan fingerprint density at radius 3 is 2.27 bits per heavy atom. The number of fused-ring (bicyclic) bond motifs is 7. The number of hydrogen-bond donors (Lipinski definition) is 1. The van der Waals surface area contributed by atoms with Crippen LogP contribution in [0.25, 0.3) is 0 Å². The Kier molecular flexibility index (Phi) is 6.54. The maximum atomic E-state index is 14.6. The average Bonchev–Trinajstić information content (AvgIpc) is 2.82. The van der Waals surface area contributed by atoms with Crippen molar-refractivity contribution in [2.24, 2.45) is 49.2 Å². The summed E-state index contributed by atoms with van der Waals surface area (Å²) in [6, 6.07) is 2.18. The summed E-state index contributed by atoms with van der Waals surface area (Å²) in [5.41, 5.74) is -0.896. The molecule has 0 aromatic carbocycles. The molecule has 5 aliphatic carbocycles. The van der Waals surface area contributed by atoms with Crippen LogP contribution >= 0.6 is 0 Å². The van der Waals surface area contributed by atoms with Gasteiger partial charge in [0.15, 0.2) is 11.6 Å². The number of nitrogens with one attached hydrogen (secondary N) is 1. The number of ketones is 2. The lowest BCUT2D eigenvalue weighted by molar-refractivity contribution is -0.160. The maximum Gasteiger partial charge on any atom is 0.251 e. The van der Waals surface area contributed by atoms with E-state index in [9.17, 15) is 23.3 Å². The molecule has 8 heteroatoms. The van der Waals surface area contributed by atoms with Gasteiger partial charge < -0.3 is 5.32 Å². The molecule has 0 amide bonds. The van der Waals surface area contributed by atoms with Crippen LogP contribution in [0.2, 0.25) is 0 Å². The summed E-state index contributed by atoms with van der Waals surface area (Å²) in [5.74, 6) is 0.247. The summed E-state index contributed by atoms with van der Waals surface area (Å²) in [6.07, 6.45) is 11.0. The fourth-order valence-electron chi connectivity index (χ4n) is 10.5. The third-order valence-electron chi connectivity index (χ3n) is 12.6. The number of sulfonamides is 1. The van der Waals surface area contributed by atoms with E-state index in [1.54, 1.807) is 6.92 Å². The van der Waals surface area contributed by atoms with Crippen LogP contribution in [-0.4, -0.2) is 37.6 Å². The van der Waals surface area contributed by atoms with Gasteiger partial charge in [0.05, 0.1) is 11.8 Å². The first-order chi connectivity index (χ1) is 18.7. The zero-order valence-corrected chi connectivity index (χ0v) is 27.1. The lowest BCUT2D eigenvalue weighted by Crippen LogP contribution is -2.69. The molecule has 5 rings (SSSR count). The molecule has 41 heavy (non-hydrogen) atoms. The normalized spacial score (nSPS) is 43.3. The maximum absolute atomic E-state index is 14.6. The molecular formula is C33H47N3O4S. The van der Waals surface area contributed by atoms with Gasteiger partial charge in [-0.05, 0) is 86.0 Å². The van der Waals surface area contributed by atoms with Crippen molar-refractivity contribution >= 4 is 27.4 Å². The summed E-state index contributed by atoms with van der Waals surface area (Å²) in [4.78, 5) is 27.8. The number of nitrogens with zero attached hydrogens (tertiary/aromatic N) is 2. The number of amidine groups is 1. The van der Waals surface area contributed by atoms with Crippen molar-refractivity contribution in [2.45, 2.75) is 106 Å². The smallest absolute Gasteiger partial charge is 0.251 e. The summed E-state index contributed by atoms with van der Waals surface area (Å²) < 4.78 is 27.9. The number of hydrogen-bond acceptors (Lipinski definition) is 5. The highest BCUT2D eigenvalue weighted by atomic mass is 32.2. The second-order valence-corrected chi connectivity index (χ2v) is 17.6. The standard InChI is InChI=1S/C33H47N3O4S/c1-20(36-41(9,39)40)35-33-14-12-28(2,3)18-22(33)26-23(37)16-25-30(6)17-21(19-34)27(38)29(4,5)24(30)10-11-31(25,7)32(26,8)13-15-33/h16-17,22,24,26H,10-15,18H2,1-9H3,(H,35,36)/t22-,24-,26-,30-,31+,32+,33-/m0/s1. The summed E-state index contributed by atoms with van der Waals surface area (Å²) in [7, 11) is -3.55. The van der Waals surface area contributed by atoms with E-state index in [1.165, 1.54) is 0 Å². The molecule has 3 saturated carbocycles. The van der Waals surface area contributed by atoms with Crippen LogP contribution in [0, 0.1) is 56.2 Å². The zero-order valence-electron chi connectivity index (χ0n) is 26.3. The van der Waals surface area contributed by atoms with Crippen LogP contribution in [-0.2, 0) is 19.6 Å². The molecule has 5 aliphatic rings. The van der Waals surface area contributed by atoms with Gasteiger partial charge in [-0.1, -0.05) is 60.1 Å². The van der Waals surface area contributed by atoms with Crippen molar-refractivity contribution in [3.8, 4) is 6.07 Å². The Hall–Kier alpha value is -2.27. The molecule has 0 aromatic rings. The molecule has 0 unspecified atom stereocenters. The zero-order chi connectivity index (χ0) is 30.6. The molecule has 0 heterocycles. The van der Waals surface area contributed by atoms with Crippen LogP contribution in [0.15, 0.2) is 27.7 Å². The Balaban J connectivity index is 1.67. The largest absolute Gasteiger partial charge is 0.367 e. The summed E-state index contributed by atoms with van der Waals surface area (Å²) >= 11 is 0. The average molecular weight is 582 g/mol. The van der Waals surface area contributed by atoms with Crippen molar-refractivity contribution in [1.29, 1.82) is 5.26 Å². The van der Waals surface area contributed by atoms with E-state index in [0.717, 1.165) is 56.8 Å². The first-order valence-corrected chi connectivity index (χ1v) is 17.0.